The summed E-state index contributed by atoms with van der Waals surface area (Å²) in [7, 11) is 0. The lowest BCUT2D eigenvalue weighted by atomic mass is 10.1. The second-order valence-corrected chi connectivity index (χ2v) is 8.95. The summed E-state index contributed by atoms with van der Waals surface area (Å²) in [5.74, 6) is -2.27. The fourth-order valence-corrected chi connectivity index (χ4v) is 4.59. The van der Waals surface area contributed by atoms with Gasteiger partial charge in [0.2, 0.25) is 5.43 Å². The highest BCUT2D eigenvalue weighted by atomic mass is 19.1. The number of carboxylic acids is 1. The first-order valence-corrected chi connectivity index (χ1v) is 11.4. The van der Waals surface area contributed by atoms with E-state index in [1.165, 1.54) is 18.3 Å². The van der Waals surface area contributed by atoms with E-state index in [1.54, 1.807) is 22.8 Å². The third-order valence-corrected chi connectivity index (χ3v) is 6.66. The van der Waals surface area contributed by atoms with Crippen molar-refractivity contribution >= 4 is 28.3 Å². The Morgan fingerprint density at radius 3 is 2.34 bits per heavy atom. The monoisotopic (exact) mass is 482 g/mol. The van der Waals surface area contributed by atoms with Gasteiger partial charge in [-0.2, -0.15) is 0 Å². The predicted octanol–water partition coefficient (Wildman–Crippen LogP) is 3.31. The number of rotatable bonds is 6. The number of benzene rings is 2. The average Bonchev–Trinajstić information content (AvgIpc) is 3.69. The molecule has 2 fully saturated rings. The van der Waals surface area contributed by atoms with Crippen molar-refractivity contribution in [2.75, 3.05) is 37.6 Å². The molecular weight excluding hydrogens is 458 g/mol. The topological polar surface area (TPSA) is 98.4 Å². The van der Waals surface area contributed by atoms with E-state index in [2.05, 4.69) is 10.1 Å². The fourth-order valence-electron chi connectivity index (χ4n) is 4.59. The molecule has 10 heteroatoms. The number of pyridine rings is 1. The molecule has 0 spiro atoms. The van der Waals surface area contributed by atoms with Gasteiger partial charge in [0.15, 0.2) is 0 Å². The molecule has 8 nitrogen and oxygen atoms in total. The third kappa shape index (κ3) is 4.49. The molecule has 0 unspecified atom stereocenters. The van der Waals surface area contributed by atoms with Gasteiger partial charge in [-0.05, 0) is 37.1 Å². The summed E-state index contributed by atoms with van der Waals surface area (Å²) in [4.78, 5) is 28.2. The lowest BCUT2D eigenvalue weighted by Crippen LogP contribution is -2.48. The van der Waals surface area contributed by atoms with Crippen LogP contribution in [0, 0.1) is 11.6 Å². The largest absolute Gasteiger partial charge is 0.477 e. The average molecular weight is 482 g/mol. The molecule has 2 aromatic carbocycles. The van der Waals surface area contributed by atoms with Gasteiger partial charge in [0.05, 0.1) is 11.2 Å². The number of hydrogen-bond donors (Lipinski definition) is 2. The van der Waals surface area contributed by atoms with E-state index in [0.29, 0.717) is 55.2 Å². The van der Waals surface area contributed by atoms with E-state index in [0.717, 1.165) is 18.9 Å². The fraction of sp³-hybridized carbons (Fsp3) is 0.320. The van der Waals surface area contributed by atoms with Crippen LogP contribution in [0.3, 0.4) is 0 Å². The first-order chi connectivity index (χ1) is 16.9. The van der Waals surface area contributed by atoms with Crippen LogP contribution in [-0.4, -0.2) is 64.2 Å². The van der Waals surface area contributed by atoms with Crippen molar-refractivity contribution in [2.24, 2.45) is 5.16 Å². The highest BCUT2D eigenvalue weighted by Crippen LogP contribution is 2.38. The Labute approximate surface area is 199 Å². The van der Waals surface area contributed by atoms with Crippen molar-refractivity contribution in [3.05, 3.63) is 75.6 Å². The third-order valence-electron chi connectivity index (χ3n) is 6.66. The SMILES string of the molecule is O=C(O)c1cn(C2CC2)c2cc(N3CCN(C/C(=N/O)c4ccc(F)cc4)CC3)c(F)cc2c1=O. The lowest BCUT2D eigenvalue weighted by molar-refractivity contribution is 0.0695. The van der Waals surface area contributed by atoms with Gasteiger partial charge in [-0.3, -0.25) is 9.69 Å². The lowest BCUT2D eigenvalue weighted by Gasteiger charge is -2.36. The summed E-state index contributed by atoms with van der Waals surface area (Å²) in [6.45, 7) is 2.52. The van der Waals surface area contributed by atoms with Crippen LogP contribution in [0.25, 0.3) is 10.9 Å². The number of nitrogens with zero attached hydrogens (tertiary/aromatic N) is 4. The van der Waals surface area contributed by atoms with Gasteiger partial charge in [0, 0.05) is 55.9 Å². The Hall–Kier alpha value is -3.79. The molecule has 5 rings (SSSR count). The number of hydrogen-bond acceptors (Lipinski definition) is 6. The summed E-state index contributed by atoms with van der Waals surface area (Å²) in [6.07, 6.45) is 3.13. The number of halogens is 2. The van der Waals surface area contributed by atoms with Crippen molar-refractivity contribution < 1.29 is 23.9 Å². The summed E-state index contributed by atoms with van der Waals surface area (Å²) in [5, 5.41) is 22.3. The maximum Gasteiger partial charge on any atom is 0.341 e. The van der Waals surface area contributed by atoms with Crippen molar-refractivity contribution in [1.82, 2.24) is 9.47 Å². The predicted molar refractivity (Wildman–Crippen MR) is 127 cm³/mol. The van der Waals surface area contributed by atoms with Gasteiger partial charge in [0.25, 0.3) is 0 Å². The zero-order valence-electron chi connectivity index (χ0n) is 18.8. The van der Waals surface area contributed by atoms with Gasteiger partial charge in [-0.15, -0.1) is 0 Å². The standard InChI is InChI=1S/C25H24F2N4O4/c26-16-3-1-15(2-4-16)21(28-35)14-29-7-9-30(10-8-29)23-12-22-18(11-20(23)27)24(32)19(25(33)34)13-31(22)17-5-6-17/h1-4,11-13,17,35H,5-10,14H2,(H,33,34)/b28-21-. The molecule has 2 aliphatic rings. The number of carboxylic acid groups (broad SMARTS) is 1. The number of piperazine rings is 1. The molecular formula is C25H24F2N4O4. The molecule has 0 bridgehead atoms. The first kappa shape index (κ1) is 23.0. The highest BCUT2D eigenvalue weighted by molar-refractivity contribution is 6.01. The van der Waals surface area contributed by atoms with Gasteiger partial charge in [-0.1, -0.05) is 17.3 Å². The molecule has 1 saturated heterocycles. The molecule has 0 amide bonds. The molecule has 3 aromatic rings. The van der Waals surface area contributed by atoms with Crippen LogP contribution in [0.2, 0.25) is 0 Å². The number of oxime groups is 1. The number of carbonyl (C=O) groups is 1. The molecule has 0 atom stereocenters. The molecule has 1 aliphatic heterocycles. The van der Waals surface area contributed by atoms with Crippen molar-refractivity contribution in [1.29, 1.82) is 0 Å². The molecule has 1 saturated carbocycles. The molecule has 2 N–H and O–H groups in total. The highest BCUT2D eigenvalue weighted by Gasteiger charge is 2.28. The van der Waals surface area contributed by atoms with Gasteiger partial charge < -0.3 is 19.8 Å². The van der Waals surface area contributed by atoms with Gasteiger partial charge in [0.1, 0.15) is 22.9 Å². The van der Waals surface area contributed by atoms with E-state index in [1.807, 2.05) is 4.90 Å². The van der Waals surface area contributed by atoms with Crippen LogP contribution >= 0.6 is 0 Å². The zero-order chi connectivity index (χ0) is 24.7. The Balaban J connectivity index is 1.37. The molecule has 0 radical (unpaired) electrons. The molecule has 1 aliphatic carbocycles. The summed E-state index contributed by atoms with van der Waals surface area (Å²) < 4.78 is 30.1. The van der Waals surface area contributed by atoms with E-state index in [4.69, 9.17) is 0 Å². The van der Waals surface area contributed by atoms with Crippen molar-refractivity contribution in [3.8, 4) is 0 Å². The Morgan fingerprint density at radius 2 is 1.74 bits per heavy atom. The summed E-state index contributed by atoms with van der Waals surface area (Å²) in [6, 6.07) is 8.62. The van der Waals surface area contributed by atoms with Gasteiger partial charge in [-0.25, -0.2) is 13.6 Å². The van der Waals surface area contributed by atoms with Crippen LogP contribution in [0.4, 0.5) is 14.5 Å². The second kappa shape index (κ2) is 9.10. The molecule has 2 heterocycles. The van der Waals surface area contributed by atoms with Crippen LogP contribution < -0.4 is 10.3 Å². The van der Waals surface area contributed by atoms with E-state index in [9.17, 15) is 24.3 Å². The van der Waals surface area contributed by atoms with Crippen LogP contribution in [0.15, 0.2) is 52.5 Å². The normalized spacial score (nSPS) is 17.2. The number of aromatic carboxylic acids is 1. The number of anilines is 1. The maximum absolute atomic E-state index is 15.1. The minimum atomic E-state index is -1.32. The Kier molecular flexibility index (Phi) is 5.98. The maximum atomic E-state index is 15.1. The summed E-state index contributed by atoms with van der Waals surface area (Å²) in [5.41, 5.74) is 0.897. The first-order valence-electron chi connectivity index (χ1n) is 11.4. The van der Waals surface area contributed by atoms with E-state index < -0.39 is 17.2 Å². The van der Waals surface area contributed by atoms with E-state index in [-0.39, 0.29) is 22.8 Å². The zero-order valence-corrected chi connectivity index (χ0v) is 18.8. The smallest absolute Gasteiger partial charge is 0.341 e. The van der Waals surface area contributed by atoms with Crippen LogP contribution in [0.1, 0.15) is 34.8 Å². The van der Waals surface area contributed by atoms with Crippen molar-refractivity contribution in [2.45, 2.75) is 18.9 Å². The summed E-state index contributed by atoms with van der Waals surface area (Å²) >= 11 is 0. The quantitative estimate of drug-likeness (QED) is 0.318. The molecule has 1 aromatic heterocycles. The number of aromatic nitrogens is 1. The van der Waals surface area contributed by atoms with Gasteiger partial charge >= 0.3 is 5.97 Å². The Bertz CT molecular complexity index is 1370. The van der Waals surface area contributed by atoms with Crippen LogP contribution in [-0.2, 0) is 0 Å². The molecule has 182 valence electrons. The van der Waals surface area contributed by atoms with E-state index >= 15 is 4.39 Å². The van der Waals surface area contributed by atoms with Crippen molar-refractivity contribution in [3.63, 3.8) is 0 Å². The minimum absolute atomic E-state index is 0.0692. The second-order valence-electron chi connectivity index (χ2n) is 8.95. The molecule has 35 heavy (non-hydrogen) atoms. The Morgan fingerprint density at radius 1 is 1.06 bits per heavy atom. The number of fused-ring (bicyclic) bond motifs is 1. The minimum Gasteiger partial charge on any atom is -0.477 e. The van der Waals surface area contributed by atoms with Crippen LogP contribution in [0.5, 0.6) is 0 Å².